The fraction of sp³-hybridized carbons (Fsp3) is 0.194. The second-order valence-electron chi connectivity index (χ2n) is 9.48. The van der Waals surface area contributed by atoms with Crippen molar-refractivity contribution in [1.82, 2.24) is 16.2 Å². The maximum absolute atomic E-state index is 13.1. The Hall–Kier alpha value is -4.85. The number of carbonyl (C=O) groups is 3. The van der Waals surface area contributed by atoms with Gasteiger partial charge in [0.25, 0.3) is 11.8 Å². The van der Waals surface area contributed by atoms with Crippen molar-refractivity contribution in [3.63, 3.8) is 0 Å². The third-order valence-corrected chi connectivity index (χ3v) is 6.82. The van der Waals surface area contributed by atoms with Gasteiger partial charge in [0, 0.05) is 12.3 Å². The van der Waals surface area contributed by atoms with Crippen molar-refractivity contribution in [2.24, 2.45) is 0 Å². The van der Waals surface area contributed by atoms with Crippen LogP contribution >= 0.6 is 0 Å². The molecule has 1 aliphatic rings. The van der Waals surface area contributed by atoms with E-state index in [0.29, 0.717) is 17.1 Å². The Morgan fingerprint density at radius 1 is 0.846 bits per heavy atom. The average Bonchev–Trinajstić information content (AvgIpc) is 3.46. The van der Waals surface area contributed by atoms with Gasteiger partial charge in [-0.25, -0.2) is 4.79 Å². The second kappa shape index (κ2) is 11.3. The predicted molar refractivity (Wildman–Crippen MR) is 146 cm³/mol. The van der Waals surface area contributed by atoms with E-state index >= 15 is 0 Å². The fourth-order valence-corrected chi connectivity index (χ4v) is 4.97. The highest BCUT2D eigenvalue weighted by Gasteiger charge is 2.30. The zero-order valence-corrected chi connectivity index (χ0v) is 21.7. The Labute approximate surface area is 226 Å². The van der Waals surface area contributed by atoms with E-state index < -0.39 is 23.9 Å². The van der Waals surface area contributed by atoms with E-state index in [0.717, 1.165) is 27.8 Å². The van der Waals surface area contributed by atoms with Gasteiger partial charge in [0.2, 0.25) is 0 Å². The highest BCUT2D eigenvalue weighted by Crippen LogP contribution is 2.44. The Balaban J connectivity index is 1.25. The van der Waals surface area contributed by atoms with Crippen molar-refractivity contribution in [1.29, 1.82) is 0 Å². The summed E-state index contributed by atoms with van der Waals surface area (Å²) in [6.45, 7) is 3.52. The number of nitrogens with one attached hydrogen (secondary N) is 3. The van der Waals surface area contributed by atoms with Gasteiger partial charge < -0.3 is 14.5 Å². The smallest absolute Gasteiger partial charge is 0.407 e. The third kappa shape index (κ3) is 5.70. The van der Waals surface area contributed by atoms with E-state index in [1.54, 1.807) is 19.9 Å². The Kier molecular flexibility index (Phi) is 7.45. The first-order valence-corrected chi connectivity index (χ1v) is 12.7. The summed E-state index contributed by atoms with van der Waals surface area (Å²) in [6.07, 6.45) is -0.517. The SMILES string of the molecule is Cc1cc(C(=O)NNC(=O)C(Cc2ccccc2)NC(=O)OCC2c3ccccc3-c3ccccc32)c(C)o1. The van der Waals surface area contributed by atoms with E-state index in [-0.39, 0.29) is 18.9 Å². The summed E-state index contributed by atoms with van der Waals surface area (Å²) in [5.41, 5.74) is 10.4. The van der Waals surface area contributed by atoms with Crippen LogP contribution in [-0.4, -0.2) is 30.6 Å². The number of furan rings is 1. The zero-order chi connectivity index (χ0) is 27.4. The number of amides is 3. The third-order valence-electron chi connectivity index (χ3n) is 6.82. The van der Waals surface area contributed by atoms with Gasteiger partial charge in [-0.2, -0.15) is 0 Å². The molecule has 1 unspecified atom stereocenters. The number of ether oxygens (including phenoxy) is 1. The molecule has 4 aromatic rings. The summed E-state index contributed by atoms with van der Waals surface area (Å²) in [6, 6.07) is 26.0. The summed E-state index contributed by atoms with van der Waals surface area (Å²) >= 11 is 0. The van der Waals surface area contributed by atoms with Crippen LogP contribution in [-0.2, 0) is 16.0 Å². The van der Waals surface area contributed by atoms with Gasteiger partial charge in [-0.05, 0) is 47.7 Å². The van der Waals surface area contributed by atoms with Crippen LogP contribution in [0.5, 0.6) is 0 Å². The van der Waals surface area contributed by atoms with Crippen LogP contribution in [0.3, 0.4) is 0 Å². The van der Waals surface area contributed by atoms with Crippen molar-refractivity contribution in [2.45, 2.75) is 32.2 Å². The minimum absolute atomic E-state index is 0.106. The summed E-state index contributed by atoms with van der Waals surface area (Å²) in [7, 11) is 0. The molecule has 3 amide bonds. The van der Waals surface area contributed by atoms with Crippen molar-refractivity contribution >= 4 is 17.9 Å². The van der Waals surface area contributed by atoms with Crippen molar-refractivity contribution < 1.29 is 23.5 Å². The van der Waals surface area contributed by atoms with Crippen molar-refractivity contribution in [2.75, 3.05) is 6.61 Å². The van der Waals surface area contributed by atoms with Crippen LogP contribution in [0, 0.1) is 13.8 Å². The molecule has 8 nitrogen and oxygen atoms in total. The van der Waals surface area contributed by atoms with E-state index in [9.17, 15) is 14.4 Å². The first kappa shape index (κ1) is 25.8. The molecule has 39 heavy (non-hydrogen) atoms. The lowest BCUT2D eigenvalue weighted by Gasteiger charge is -2.20. The van der Waals surface area contributed by atoms with Crippen LogP contribution in [0.15, 0.2) is 89.3 Å². The molecule has 1 aromatic heterocycles. The zero-order valence-electron chi connectivity index (χ0n) is 21.7. The quantitative estimate of drug-likeness (QED) is 0.301. The van der Waals surface area contributed by atoms with E-state index in [4.69, 9.17) is 9.15 Å². The summed E-state index contributed by atoms with van der Waals surface area (Å²) in [4.78, 5) is 38.5. The molecule has 0 radical (unpaired) electrons. The van der Waals surface area contributed by atoms with Crippen molar-refractivity contribution in [3.8, 4) is 11.1 Å². The maximum Gasteiger partial charge on any atom is 0.407 e. The lowest BCUT2D eigenvalue weighted by Crippen LogP contribution is -2.53. The largest absolute Gasteiger partial charge is 0.466 e. The molecular formula is C31H29N3O5. The average molecular weight is 524 g/mol. The number of carbonyl (C=O) groups excluding carboxylic acids is 3. The normalized spacial score (nSPS) is 12.7. The molecule has 198 valence electrons. The molecule has 0 saturated carbocycles. The molecule has 0 aliphatic heterocycles. The lowest BCUT2D eigenvalue weighted by atomic mass is 9.98. The molecule has 5 rings (SSSR count). The molecular weight excluding hydrogens is 494 g/mol. The van der Waals surface area contributed by atoms with Gasteiger partial charge in [0.15, 0.2) is 0 Å². The van der Waals surface area contributed by atoms with Crippen LogP contribution < -0.4 is 16.2 Å². The van der Waals surface area contributed by atoms with E-state index in [1.165, 1.54) is 0 Å². The molecule has 0 spiro atoms. The standard InChI is InChI=1S/C31H29N3O5/c1-19-16-26(20(2)39-19)29(35)33-34-30(36)28(17-21-10-4-3-5-11-21)32-31(37)38-18-27-24-14-8-6-12-22(24)23-13-7-9-15-25(23)27/h3-16,27-28H,17-18H2,1-2H3,(H,32,37)(H,33,35)(H,34,36). The number of alkyl carbamates (subject to hydrolysis) is 1. The van der Waals surface area contributed by atoms with E-state index in [1.807, 2.05) is 66.7 Å². The monoisotopic (exact) mass is 523 g/mol. The van der Waals surface area contributed by atoms with E-state index in [2.05, 4.69) is 28.3 Å². The lowest BCUT2D eigenvalue weighted by molar-refractivity contribution is -0.123. The Morgan fingerprint density at radius 2 is 1.46 bits per heavy atom. The first-order chi connectivity index (χ1) is 18.9. The molecule has 0 fully saturated rings. The first-order valence-electron chi connectivity index (χ1n) is 12.7. The Morgan fingerprint density at radius 3 is 2.08 bits per heavy atom. The topological polar surface area (TPSA) is 110 Å². The fourth-order valence-electron chi connectivity index (χ4n) is 4.97. The second-order valence-corrected chi connectivity index (χ2v) is 9.48. The van der Waals surface area contributed by atoms with Crippen LogP contribution in [0.2, 0.25) is 0 Å². The molecule has 0 bridgehead atoms. The summed E-state index contributed by atoms with van der Waals surface area (Å²) < 4.78 is 11.0. The van der Waals surface area contributed by atoms with Gasteiger partial charge in [-0.1, -0.05) is 78.9 Å². The van der Waals surface area contributed by atoms with Crippen LogP contribution in [0.1, 0.15) is 44.5 Å². The number of hydrogen-bond acceptors (Lipinski definition) is 5. The molecule has 1 heterocycles. The van der Waals surface area contributed by atoms with Gasteiger partial charge in [-0.3, -0.25) is 20.4 Å². The summed E-state index contributed by atoms with van der Waals surface area (Å²) in [5, 5.41) is 2.67. The minimum atomic E-state index is -0.990. The van der Waals surface area contributed by atoms with Gasteiger partial charge >= 0.3 is 6.09 Å². The van der Waals surface area contributed by atoms with Crippen molar-refractivity contribution in [3.05, 3.63) is 119 Å². The van der Waals surface area contributed by atoms with Crippen LogP contribution in [0.4, 0.5) is 4.79 Å². The highest BCUT2D eigenvalue weighted by molar-refractivity contribution is 5.97. The number of fused-ring (bicyclic) bond motifs is 3. The number of hydrogen-bond donors (Lipinski definition) is 3. The number of rotatable bonds is 7. The number of aryl methyl sites for hydroxylation is 2. The van der Waals surface area contributed by atoms with Gasteiger partial charge in [0.05, 0.1) is 5.56 Å². The van der Waals surface area contributed by atoms with Gasteiger partial charge in [0.1, 0.15) is 24.2 Å². The predicted octanol–water partition coefficient (Wildman–Crippen LogP) is 4.81. The molecule has 1 atom stereocenters. The van der Waals surface area contributed by atoms with Gasteiger partial charge in [-0.15, -0.1) is 0 Å². The Bertz CT molecular complexity index is 1470. The molecule has 0 saturated heterocycles. The number of hydrazine groups is 1. The maximum atomic E-state index is 13.1. The minimum Gasteiger partial charge on any atom is -0.466 e. The number of benzene rings is 3. The highest BCUT2D eigenvalue weighted by atomic mass is 16.5. The van der Waals surface area contributed by atoms with Crippen LogP contribution in [0.25, 0.3) is 11.1 Å². The molecule has 8 heteroatoms. The molecule has 1 aliphatic carbocycles. The summed E-state index contributed by atoms with van der Waals surface area (Å²) in [5.74, 6) is -0.180. The molecule has 3 N–H and O–H groups in total. The molecule has 3 aromatic carbocycles.